The van der Waals surface area contributed by atoms with E-state index in [-0.39, 0.29) is 29.6 Å². The van der Waals surface area contributed by atoms with E-state index in [4.69, 9.17) is 0 Å². The van der Waals surface area contributed by atoms with Crippen LogP contribution in [0.3, 0.4) is 0 Å². The molecule has 0 aliphatic heterocycles. The maximum atomic E-state index is 14.1. The van der Waals surface area contributed by atoms with Crippen LogP contribution in [-0.4, -0.2) is 43.8 Å². The normalized spacial score (nSPS) is 13.2. The summed E-state index contributed by atoms with van der Waals surface area (Å²) in [6.45, 7) is 8.32. The van der Waals surface area contributed by atoms with Gasteiger partial charge in [-0.05, 0) is 69.5 Å². The number of alkyl halides is 3. The van der Waals surface area contributed by atoms with Crippen molar-refractivity contribution in [2.45, 2.75) is 77.2 Å². The molecule has 0 fully saturated rings. The number of halogens is 3. The third-order valence-corrected chi connectivity index (χ3v) is 9.00. The van der Waals surface area contributed by atoms with Crippen molar-refractivity contribution in [2.75, 3.05) is 10.8 Å². The maximum Gasteiger partial charge on any atom is 0.416 e. The van der Waals surface area contributed by atoms with Gasteiger partial charge in [0.25, 0.3) is 10.0 Å². The molecule has 0 radical (unpaired) electrons. The number of rotatable bonds is 12. The minimum atomic E-state index is -4.74. The molecule has 11 heteroatoms. The molecular weight excluding hydrogens is 579 g/mol. The molecule has 1 N–H and O–H groups in total. The number of hydrogen-bond acceptors (Lipinski definition) is 4. The summed E-state index contributed by atoms with van der Waals surface area (Å²) in [6, 6.07) is 15.9. The lowest BCUT2D eigenvalue weighted by molar-refractivity contribution is -0.140. The SMILES string of the molecule is CCC(C)NC(=O)C(CC)N(Cc1ccc(C)cc1)C(=O)CN(c1cccc(C(F)(F)F)c1)S(=O)(=O)c1ccc(C)cc1. The molecule has 0 saturated carbocycles. The van der Waals surface area contributed by atoms with Crippen LogP contribution in [0.25, 0.3) is 0 Å². The van der Waals surface area contributed by atoms with E-state index in [2.05, 4.69) is 5.32 Å². The summed E-state index contributed by atoms with van der Waals surface area (Å²) in [7, 11) is -4.50. The molecule has 0 aromatic heterocycles. The van der Waals surface area contributed by atoms with Crippen LogP contribution in [0.2, 0.25) is 0 Å². The lowest BCUT2D eigenvalue weighted by Gasteiger charge is -2.34. The first-order chi connectivity index (χ1) is 20.2. The van der Waals surface area contributed by atoms with E-state index in [1.54, 1.807) is 26.0 Å². The number of benzene rings is 3. The summed E-state index contributed by atoms with van der Waals surface area (Å²) in [5.74, 6) is -1.14. The Kier molecular flexibility index (Phi) is 11.0. The van der Waals surface area contributed by atoms with E-state index < -0.39 is 46.2 Å². The Hall–Kier alpha value is -3.86. The van der Waals surface area contributed by atoms with Crippen molar-refractivity contribution in [3.63, 3.8) is 0 Å². The van der Waals surface area contributed by atoms with Gasteiger partial charge in [0, 0.05) is 12.6 Å². The van der Waals surface area contributed by atoms with Crippen molar-refractivity contribution in [1.82, 2.24) is 10.2 Å². The summed E-state index contributed by atoms with van der Waals surface area (Å²) in [6.07, 6.45) is -3.85. The van der Waals surface area contributed by atoms with Gasteiger partial charge in [-0.1, -0.05) is 67.4 Å². The molecule has 7 nitrogen and oxygen atoms in total. The van der Waals surface area contributed by atoms with Gasteiger partial charge >= 0.3 is 6.18 Å². The highest BCUT2D eigenvalue weighted by Crippen LogP contribution is 2.33. The number of aryl methyl sites for hydroxylation is 2. The first-order valence-electron chi connectivity index (χ1n) is 14.1. The molecule has 0 spiro atoms. The molecule has 2 atom stereocenters. The number of anilines is 1. The van der Waals surface area contributed by atoms with Crippen LogP contribution in [0.1, 0.15) is 55.9 Å². The molecule has 3 aromatic carbocycles. The van der Waals surface area contributed by atoms with Crippen LogP contribution in [0.15, 0.2) is 77.7 Å². The fourth-order valence-electron chi connectivity index (χ4n) is 4.45. The summed E-state index contributed by atoms with van der Waals surface area (Å²) >= 11 is 0. The third-order valence-electron chi connectivity index (χ3n) is 7.21. The Bertz CT molecular complexity index is 1510. The Morgan fingerprint density at radius 1 is 0.884 bits per heavy atom. The summed E-state index contributed by atoms with van der Waals surface area (Å²) < 4.78 is 69.4. The molecule has 0 bridgehead atoms. The molecule has 2 unspecified atom stereocenters. The predicted molar refractivity (Wildman–Crippen MR) is 161 cm³/mol. The number of carbonyl (C=O) groups is 2. The van der Waals surface area contributed by atoms with E-state index in [9.17, 15) is 31.2 Å². The average molecular weight is 618 g/mol. The molecule has 0 aliphatic rings. The van der Waals surface area contributed by atoms with E-state index in [1.807, 2.05) is 45.0 Å². The molecule has 3 rings (SSSR count). The van der Waals surface area contributed by atoms with Gasteiger partial charge < -0.3 is 10.2 Å². The van der Waals surface area contributed by atoms with Gasteiger partial charge in [0.15, 0.2) is 0 Å². The summed E-state index contributed by atoms with van der Waals surface area (Å²) in [4.78, 5) is 28.5. The van der Waals surface area contributed by atoms with Crippen molar-refractivity contribution in [3.8, 4) is 0 Å². The lowest BCUT2D eigenvalue weighted by atomic mass is 10.1. The van der Waals surface area contributed by atoms with Gasteiger partial charge in [0.1, 0.15) is 12.6 Å². The zero-order valence-electron chi connectivity index (χ0n) is 25.0. The highest BCUT2D eigenvalue weighted by molar-refractivity contribution is 7.92. The van der Waals surface area contributed by atoms with E-state index in [1.165, 1.54) is 23.1 Å². The van der Waals surface area contributed by atoms with Crippen molar-refractivity contribution in [2.24, 2.45) is 0 Å². The van der Waals surface area contributed by atoms with Crippen LogP contribution in [0.4, 0.5) is 18.9 Å². The molecular formula is C32H38F3N3O4S. The van der Waals surface area contributed by atoms with Gasteiger partial charge in [-0.15, -0.1) is 0 Å². The molecule has 0 heterocycles. The van der Waals surface area contributed by atoms with Crippen molar-refractivity contribution < 1.29 is 31.2 Å². The van der Waals surface area contributed by atoms with E-state index in [0.717, 1.165) is 23.3 Å². The smallest absolute Gasteiger partial charge is 0.352 e. The molecule has 0 aliphatic carbocycles. The number of carbonyl (C=O) groups excluding carboxylic acids is 2. The Morgan fingerprint density at radius 2 is 1.47 bits per heavy atom. The molecule has 2 amide bonds. The maximum absolute atomic E-state index is 14.1. The number of sulfonamides is 1. The zero-order valence-corrected chi connectivity index (χ0v) is 25.8. The predicted octanol–water partition coefficient (Wildman–Crippen LogP) is 6.24. The van der Waals surface area contributed by atoms with Crippen LogP contribution < -0.4 is 9.62 Å². The van der Waals surface area contributed by atoms with Crippen LogP contribution in [-0.2, 0) is 32.3 Å². The van der Waals surface area contributed by atoms with Gasteiger partial charge in [0.05, 0.1) is 16.1 Å². The number of nitrogens with one attached hydrogen (secondary N) is 1. The number of amides is 2. The number of hydrogen-bond donors (Lipinski definition) is 1. The van der Waals surface area contributed by atoms with E-state index in [0.29, 0.717) is 22.4 Å². The minimum Gasteiger partial charge on any atom is -0.352 e. The van der Waals surface area contributed by atoms with Crippen LogP contribution in [0, 0.1) is 13.8 Å². The van der Waals surface area contributed by atoms with E-state index >= 15 is 0 Å². The first-order valence-corrected chi connectivity index (χ1v) is 15.5. The highest BCUT2D eigenvalue weighted by Gasteiger charge is 2.36. The third kappa shape index (κ3) is 8.59. The van der Waals surface area contributed by atoms with Crippen molar-refractivity contribution in [1.29, 1.82) is 0 Å². The van der Waals surface area contributed by atoms with Crippen molar-refractivity contribution >= 4 is 27.5 Å². The van der Waals surface area contributed by atoms with Gasteiger partial charge in [-0.3, -0.25) is 13.9 Å². The highest BCUT2D eigenvalue weighted by atomic mass is 32.2. The molecule has 3 aromatic rings. The van der Waals surface area contributed by atoms with Gasteiger partial charge in [-0.2, -0.15) is 13.2 Å². The topological polar surface area (TPSA) is 86.8 Å². The zero-order chi connectivity index (χ0) is 31.9. The second-order valence-electron chi connectivity index (χ2n) is 10.6. The minimum absolute atomic E-state index is 0.00738. The van der Waals surface area contributed by atoms with Gasteiger partial charge in [0.2, 0.25) is 11.8 Å². The fraction of sp³-hybridized carbons (Fsp3) is 0.375. The van der Waals surface area contributed by atoms with Gasteiger partial charge in [-0.25, -0.2) is 8.42 Å². The Labute approximate surface area is 251 Å². The second-order valence-corrected chi connectivity index (χ2v) is 12.5. The molecule has 43 heavy (non-hydrogen) atoms. The largest absolute Gasteiger partial charge is 0.416 e. The first kappa shape index (κ1) is 33.6. The average Bonchev–Trinajstić information content (AvgIpc) is 2.96. The standard InChI is InChI=1S/C32H38F3N3O4S/c1-6-24(5)36-31(40)29(7-2)37(20-25-15-11-22(3)12-16-25)30(39)21-38(27-10-8-9-26(19-27)32(33,34)35)43(41,42)28-17-13-23(4)14-18-28/h8-19,24,29H,6-7,20-21H2,1-5H3,(H,36,40). The summed E-state index contributed by atoms with van der Waals surface area (Å²) in [5.41, 5.74) is 1.10. The Balaban J connectivity index is 2.12. The van der Waals surface area contributed by atoms with Crippen LogP contribution >= 0.6 is 0 Å². The van der Waals surface area contributed by atoms with Crippen LogP contribution in [0.5, 0.6) is 0 Å². The number of nitrogens with zero attached hydrogens (tertiary/aromatic N) is 2. The quantitative estimate of drug-likeness (QED) is 0.261. The summed E-state index contributed by atoms with van der Waals surface area (Å²) in [5, 5.41) is 2.89. The fourth-order valence-corrected chi connectivity index (χ4v) is 5.86. The lowest BCUT2D eigenvalue weighted by Crippen LogP contribution is -2.53. The Morgan fingerprint density at radius 3 is 2.00 bits per heavy atom. The monoisotopic (exact) mass is 617 g/mol. The second kappa shape index (κ2) is 14.1. The molecule has 0 saturated heterocycles. The molecule has 232 valence electrons. The van der Waals surface area contributed by atoms with Crippen molar-refractivity contribution in [3.05, 3.63) is 95.1 Å².